The maximum atomic E-state index is 12.4. The highest BCUT2D eigenvalue weighted by Gasteiger charge is 2.42. The van der Waals surface area contributed by atoms with E-state index in [4.69, 9.17) is 4.74 Å². The topological polar surface area (TPSA) is 68.2 Å². The Labute approximate surface area is 112 Å². The predicted molar refractivity (Wildman–Crippen MR) is 69.5 cm³/mol. The summed E-state index contributed by atoms with van der Waals surface area (Å²) in [6.45, 7) is 0. The zero-order valence-corrected chi connectivity index (χ0v) is 11.3. The molecule has 0 aliphatic carbocycles. The fraction of sp³-hybridized carbons (Fsp3) is 0.692. The molecule has 19 heavy (non-hydrogen) atoms. The number of ether oxygens (including phenoxy) is 1. The molecule has 0 saturated carbocycles. The molecule has 104 valence electrons. The number of hydrogen-bond donors (Lipinski definition) is 2. The molecule has 2 fully saturated rings. The first-order chi connectivity index (χ1) is 9.17. The van der Waals surface area contributed by atoms with Gasteiger partial charge in [0.15, 0.2) is 0 Å². The highest BCUT2D eigenvalue weighted by molar-refractivity contribution is 5.83. The van der Waals surface area contributed by atoms with Crippen LogP contribution in [0.15, 0.2) is 12.4 Å². The number of carbonyl (C=O) groups is 1. The van der Waals surface area contributed by atoms with Crippen LogP contribution in [-0.4, -0.2) is 41.0 Å². The first-order valence-electron chi connectivity index (χ1n) is 6.79. The third-order valence-corrected chi connectivity index (χ3v) is 4.04. The van der Waals surface area contributed by atoms with Gasteiger partial charge in [0, 0.05) is 18.8 Å². The Morgan fingerprint density at radius 3 is 2.95 bits per heavy atom. The van der Waals surface area contributed by atoms with E-state index < -0.39 is 0 Å². The summed E-state index contributed by atoms with van der Waals surface area (Å²) in [6, 6.07) is -0.188. The van der Waals surface area contributed by atoms with Crippen molar-refractivity contribution >= 4 is 5.91 Å². The molecule has 3 heterocycles. The molecule has 2 aliphatic rings. The van der Waals surface area contributed by atoms with Crippen LogP contribution < -0.4 is 10.6 Å². The van der Waals surface area contributed by atoms with E-state index >= 15 is 0 Å². The van der Waals surface area contributed by atoms with Crippen molar-refractivity contribution in [2.75, 3.05) is 7.05 Å². The van der Waals surface area contributed by atoms with Crippen molar-refractivity contribution in [2.24, 2.45) is 7.05 Å². The van der Waals surface area contributed by atoms with Crippen LogP contribution in [0, 0.1) is 0 Å². The predicted octanol–water partition coefficient (Wildman–Crippen LogP) is 0.117. The van der Waals surface area contributed by atoms with E-state index in [2.05, 4.69) is 15.7 Å². The molecule has 4 atom stereocenters. The third-order valence-electron chi connectivity index (χ3n) is 4.04. The summed E-state index contributed by atoms with van der Waals surface area (Å²) in [7, 11) is 3.63. The van der Waals surface area contributed by atoms with E-state index in [1.807, 2.05) is 13.2 Å². The van der Waals surface area contributed by atoms with Crippen LogP contribution in [0.5, 0.6) is 0 Å². The van der Waals surface area contributed by atoms with E-state index in [1.54, 1.807) is 17.9 Å². The van der Waals surface area contributed by atoms with Crippen LogP contribution in [0.1, 0.15) is 30.9 Å². The summed E-state index contributed by atoms with van der Waals surface area (Å²) in [6.07, 6.45) is 7.28. The van der Waals surface area contributed by atoms with E-state index in [0.29, 0.717) is 6.10 Å². The van der Waals surface area contributed by atoms with Crippen LogP contribution in [0.2, 0.25) is 0 Å². The SMILES string of the molecule is CNC(C(=O)NC1CC2CCC1O2)c1cnn(C)c1. The second kappa shape index (κ2) is 4.94. The van der Waals surface area contributed by atoms with Gasteiger partial charge in [-0.3, -0.25) is 9.48 Å². The zero-order valence-electron chi connectivity index (χ0n) is 11.3. The summed E-state index contributed by atoms with van der Waals surface area (Å²) in [5.41, 5.74) is 0.881. The summed E-state index contributed by atoms with van der Waals surface area (Å²) in [4.78, 5) is 12.4. The second-order valence-electron chi connectivity index (χ2n) is 5.39. The highest BCUT2D eigenvalue weighted by atomic mass is 16.5. The van der Waals surface area contributed by atoms with Gasteiger partial charge in [-0.05, 0) is 26.3 Å². The minimum Gasteiger partial charge on any atom is -0.373 e. The van der Waals surface area contributed by atoms with Crippen molar-refractivity contribution in [3.05, 3.63) is 18.0 Å². The lowest BCUT2D eigenvalue weighted by molar-refractivity contribution is -0.124. The fourth-order valence-electron chi connectivity index (χ4n) is 3.09. The van der Waals surface area contributed by atoms with Gasteiger partial charge in [0.2, 0.25) is 5.91 Å². The number of aryl methyl sites for hydroxylation is 1. The zero-order chi connectivity index (χ0) is 13.4. The molecule has 2 saturated heterocycles. The first-order valence-corrected chi connectivity index (χ1v) is 6.79. The van der Waals surface area contributed by atoms with E-state index in [0.717, 1.165) is 24.8 Å². The lowest BCUT2D eigenvalue weighted by Crippen LogP contribution is -2.45. The molecule has 1 amide bonds. The van der Waals surface area contributed by atoms with Crippen molar-refractivity contribution in [1.29, 1.82) is 0 Å². The largest absolute Gasteiger partial charge is 0.373 e. The molecule has 0 radical (unpaired) electrons. The molecule has 1 aromatic rings. The van der Waals surface area contributed by atoms with Crippen LogP contribution in [0.4, 0.5) is 0 Å². The monoisotopic (exact) mass is 264 g/mol. The maximum Gasteiger partial charge on any atom is 0.242 e. The van der Waals surface area contributed by atoms with Crippen LogP contribution in [-0.2, 0) is 16.6 Å². The fourth-order valence-corrected chi connectivity index (χ4v) is 3.09. The van der Waals surface area contributed by atoms with Gasteiger partial charge < -0.3 is 15.4 Å². The van der Waals surface area contributed by atoms with Gasteiger partial charge in [0.1, 0.15) is 6.04 Å². The third kappa shape index (κ3) is 2.37. The Bertz CT molecular complexity index is 473. The molecule has 3 rings (SSSR count). The number of aromatic nitrogens is 2. The van der Waals surface area contributed by atoms with E-state index in [-0.39, 0.29) is 24.1 Å². The number of nitrogens with zero attached hydrogens (tertiary/aromatic N) is 2. The average Bonchev–Trinajstić information content (AvgIpc) is 3.07. The minimum atomic E-state index is -0.354. The lowest BCUT2D eigenvalue weighted by atomic mass is 9.95. The van der Waals surface area contributed by atoms with Gasteiger partial charge in [-0.1, -0.05) is 0 Å². The minimum absolute atomic E-state index is 0.00310. The van der Waals surface area contributed by atoms with E-state index in [1.165, 1.54) is 0 Å². The molecule has 6 heteroatoms. The number of fused-ring (bicyclic) bond motifs is 2. The van der Waals surface area contributed by atoms with Gasteiger partial charge in [-0.25, -0.2) is 0 Å². The number of likely N-dealkylation sites (N-methyl/N-ethyl adjacent to an activating group) is 1. The highest BCUT2D eigenvalue weighted by Crippen LogP contribution is 2.34. The summed E-state index contributed by atoms with van der Waals surface area (Å²) in [5.74, 6) is -0.00310. The van der Waals surface area contributed by atoms with Crippen molar-refractivity contribution in [3.8, 4) is 0 Å². The van der Waals surface area contributed by atoms with Crippen molar-refractivity contribution in [2.45, 2.75) is 43.6 Å². The molecular formula is C13H20N4O2. The van der Waals surface area contributed by atoms with Crippen LogP contribution in [0.25, 0.3) is 0 Å². The lowest BCUT2D eigenvalue weighted by Gasteiger charge is -2.23. The van der Waals surface area contributed by atoms with Crippen molar-refractivity contribution in [1.82, 2.24) is 20.4 Å². The summed E-state index contributed by atoms with van der Waals surface area (Å²) in [5, 5.41) is 10.3. The van der Waals surface area contributed by atoms with Crippen LogP contribution in [0.3, 0.4) is 0 Å². The summed E-state index contributed by atoms with van der Waals surface area (Å²) >= 11 is 0. The molecule has 1 aromatic heterocycles. The number of nitrogens with one attached hydrogen (secondary N) is 2. The molecule has 6 nitrogen and oxygen atoms in total. The average molecular weight is 264 g/mol. The van der Waals surface area contributed by atoms with Gasteiger partial charge >= 0.3 is 0 Å². The van der Waals surface area contributed by atoms with Gasteiger partial charge in [0.25, 0.3) is 0 Å². The molecule has 2 bridgehead atoms. The Balaban J connectivity index is 1.65. The molecule has 0 spiro atoms. The van der Waals surface area contributed by atoms with Crippen molar-refractivity contribution < 1.29 is 9.53 Å². The van der Waals surface area contributed by atoms with Gasteiger partial charge in [-0.15, -0.1) is 0 Å². The number of carbonyl (C=O) groups excluding carboxylic acids is 1. The number of rotatable bonds is 4. The number of amides is 1. The Hall–Kier alpha value is -1.40. The molecule has 0 aromatic carbocycles. The molecule has 4 unspecified atom stereocenters. The Morgan fingerprint density at radius 2 is 2.42 bits per heavy atom. The molecular weight excluding hydrogens is 244 g/mol. The van der Waals surface area contributed by atoms with E-state index in [9.17, 15) is 4.79 Å². The quantitative estimate of drug-likeness (QED) is 0.810. The molecule has 2 aliphatic heterocycles. The summed E-state index contributed by atoms with van der Waals surface area (Å²) < 4.78 is 7.46. The van der Waals surface area contributed by atoms with Crippen molar-refractivity contribution in [3.63, 3.8) is 0 Å². The number of hydrogen-bond acceptors (Lipinski definition) is 4. The normalized spacial score (nSPS) is 30.5. The van der Waals surface area contributed by atoms with Crippen LogP contribution >= 0.6 is 0 Å². The standard InChI is InChI=1S/C13H20N4O2/c1-14-12(8-6-15-17(2)7-8)13(18)16-10-5-9-3-4-11(10)19-9/h6-7,9-12,14H,3-5H2,1-2H3,(H,16,18). The first kappa shape index (κ1) is 12.6. The smallest absolute Gasteiger partial charge is 0.242 e. The molecule has 2 N–H and O–H groups in total. The maximum absolute atomic E-state index is 12.4. The van der Waals surface area contributed by atoms with Gasteiger partial charge in [0.05, 0.1) is 24.4 Å². The van der Waals surface area contributed by atoms with Gasteiger partial charge in [-0.2, -0.15) is 5.10 Å². The Kier molecular flexibility index (Phi) is 3.28. The second-order valence-corrected chi connectivity index (χ2v) is 5.39. The Morgan fingerprint density at radius 1 is 1.58 bits per heavy atom.